The number of aryl methyl sites for hydroxylation is 1. The predicted molar refractivity (Wildman–Crippen MR) is 64.1 cm³/mol. The number of benzene rings is 1. The van der Waals surface area contributed by atoms with Crippen LogP contribution < -0.4 is 10.5 Å². The van der Waals surface area contributed by atoms with Gasteiger partial charge < -0.3 is 15.2 Å². The van der Waals surface area contributed by atoms with E-state index in [-0.39, 0.29) is 6.10 Å². The summed E-state index contributed by atoms with van der Waals surface area (Å²) in [5, 5.41) is 0.668. The molecule has 4 heteroatoms. The molecule has 3 nitrogen and oxygen atoms in total. The molecule has 0 aromatic heterocycles. The second-order valence-corrected chi connectivity index (χ2v) is 4.34. The molecule has 88 valence electrons. The van der Waals surface area contributed by atoms with Crippen LogP contribution in [-0.2, 0) is 11.2 Å². The third-order valence-corrected chi connectivity index (χ3v) is 2.86. The Labute approximate surface area is 100 Å². The molecule has 1 aromatic carbocycles. The molecule has 0 atom stereocenters. The fourth-order valence-corrected chi connectivity index (χ4v) is 1.81. The molecule has 1 saturated heterocycles. The van der Waals surface area contributed by atoms with Crippen LogP contribution in [0.4, 0.5) is 0 Å². The second-order valence-electron chi connectivity index (χ2n) is 3.93. The fourth-order valence-electron chi connectivity index (χ4n) is 1.56. The zero-order valence-electron chi connectivity index (χ0n) is 9.12. The Morgan fingerprint density at radius 2 is 2.25 bits per heavy atom. The number of ether oxygens (including phenoxy) is 2. The standard InChI is InChI=1S/C12H16ClNO2/c13-11-6-9(2-1-5-14)3-4-12(11)16-10-7-15-8-10/h3-4,6,10H,1-2,5,7-8,14H2. The predicted octanol–water partition coefficient (Wildman–Crippen LogP) is 2.01. The maximum absolute atomic E-state index is 6.14. The molecule has 16 heavy (non-hydrogen) atoms. The SMILES string of the molecule is NCCCc1ccc(OC2COC2)c(Cl)c1. The molecule has 1 aromatic rings. The molecular formula is C12H16ClNO2. The highest BCUT2D eigenvalue weighted by Gasteiger charge is 2.20. The van der Waals surface area contributed by atoms with Gasteiger partial charge >= 0.3 is 0 Å². The zero-order chi connectivity index (χ0) is 11.4. The van der Waals surface area contributed by atoms with E-state index in [2.05, 4.69) is 0 Å². The van der Waals surface area contributed by atoms with Gasteiger partial charge in [0.25, 0.3) is 0 Å². The summed E-state index contributed by atoms with van der Waals surface area (Å²) >= 11 is 6.14. The lowest BCUT2D eigenvalue weighted by Gasteiger charge is -2.27. The minimum absolute atomic E-state index is 0.160. The van der Waals surface area contributed by atoms with E-state index < -0.39 is 0 Å². The Hall–Kier alpha value is -0.770. The van der Waals surface area contributed by atoms with E-state index in [1.807, 2.05) is 18.2 Å². The van der Waals surface area contributed by atoms with Crippen LogP contribution in [-0.4, -0.2) is 25.9 Å². The van der Waals surface area contributed by atoms with E-state index in [4.69, 9.17) is 26.8 Å². The summed E-state index contributed by atoms with van der Waals surface area (Å²) in [5.74, 6) is 0.742. The van der Waals surface area contributed by atoms with Crippen LogP contribution in [0.25, 0.3) is 0 Å². The Kier molecular flexibility index (Phi) is 4.04. The van der Waals surface area contributed by atoms with Gasteiger partial charge in [-0.3, -0.25) is 0 Å². The van der Waals surface area contributed by atoms with E-state index in [1.54, 1.807) is 0 Å². The van der Waals surface area contributed by atoms with Crippen molar-refractivity contribution >= 4 is 11.6 Å². The summed E-state index contributed by atoms with van der Waals surface area (Å²) in [5.41, 5.74) is 6.67. The number of rotatable bonds is 5. The normalized spacial score (nSPS) is 15.9. The quantitative estimate of drug-likeness (QED) is 0.858. The van der Waals surface area contributed by atoms with Gasteiger partial charge in [0, 0.05) is 0 Å². The highest BCUT2D eigenvalue weighted by molar-refractivity contribution is 6.32. The van der Waals surface area contributed by atoms with Crippen molar-refractivity contribution in [2.75, 3.05) is 19.8 Å². The van der Waals surface area contributed by atoms with Crippen LogP contribution in [0, 0.1) is 0 Å². The van der Waals surface area contributed by atoms with Crippen LogP contribution in [0.5, 0.6) is 5.75 Å². The zero-order valence-corrected chi connectivity index (χ0v) is 9.87. The summed E-state index contributed by atoms with van der Waals surface area (Å²) < 4.78 is 10.7. The summed E-state index contributed by atoms with van der Waals surface area (Å²) in [7, 11) is 0. The molecule has 0 radical (unpaired) electrons. The number of halogens is 1. The molecule has 0 spiro atoms. The fraction of sp³-hybridized carbons (Fsp3) is 0.500. The van der Waals surface area contributed by atoms with E-state index in [1.165, 1.54) is 5.56 Å². The van der Waals surface area contributed by atoms with Crippen molar-refractivity contribution in [3.8, 4) is 5.75 Å². The van der Waals surface area contributed by atoms with Gasteiger partial charge in [-0.15, -0.1) is 0 Å². The Morgan fingerprint density at radius 1 is 1.44 bits per heavy atom. The average Bonchev–Trinajstić information content (AvgIpc) is 2.22. The summed E-state index contributed by atoms with van der Waals surface area (Å²) in [6.45, 7) is 2.02. The van der Waals surface area contributed by atoms with Gasteiger partial charge in [-0.25, -0.2) is 0 Å². The van der Waals surface area contributed by atoms with E-state index in [9.17, 15) is 0 Å². The minimum Gasteiger partial charge on any atom is -0.484 e. The number of hydrogen-bond acceptors (Lipinski definition) is 3. The molecule has 1 aliphatic rings. The van der Waals surface area contributed by atoms with Crippen molar-refractivity contribution in [3.05, 3.63) is 28.8 Å². The van der Waals surface area contributed by atoms with Gasteiger partial charge in [0.15, 0.2) is 0 Å². The number of hydrogen-bond donors (Lipinski definition) is 1. The molecule has 0 amide bonds. The van der Waals surface area contributed by atoms with Gasteiger partial charge in [0.2, 0.25) is 0 Å². The molecule has 0 saturated carbocycles. The molecule has 0 unspecified atom stereocenters. The monoisotopic (exact) mass is 241 g/mol. The van der Waals surface area contributed by atoms with Crippen LogP contribution in [0.3, 0.4) is 0 Å². The summed E-state index contributed by atoms with van der Waals surface area (Å²) in [6, 6.07) is 5.91. The Morgan fingerprint density at radius 3 is 2.81 bits per heavy atom. The molecule has 1 heterocycles. The van der Waals surface area contributed by atoms with Crippen LogP contribution >= 0.6 is 11.6 Å². The summed E-state index contributed by atoms with van der Waals surface area (Å²) in [4.78, 5) is 0. The van der Waals surface area contributed by atoms with Crippen LogP contribution in [0.2, 0.25) is 5.02 Å². The first-order chi connectivity index (χ1) is 7.79. The maximum atomic E-state index is 6.14. The van der Waals surface area contributed by atoms with Gasteiger partial charge in [-0.2, -0.15) is 0 Å². The highest BCUT2D eigenvalue weighted by atomic mass is 35.5. The first-order valence-corrected chi connectivity index (χ1v) is 5.90. The maximum Gasteiger partial charge on any atom is 0.145 e. The lowest BCUT2D eigenvalue weighted by atomic mass is 10.1. The Bertz CT molecular complexity index is 353. The van der Waals surface area contributed by atoms with Gasteiger partial charge in [-0.05, 0) is 37.1 Å². The molecule has 2 rings (SSSR count). The van der Waals surface area contributed by atoms with Crippen LogP contribution in [0.1, 0.15) is 12.0 Å². The van der Waals surface area contributed by atoms with Crippen molar-refractivity contribution in [1.82, 2.24) is 0 Å². The molecule has 1 fully saturated rings. The number of nitrogens with two attached hydrogens (primary N) is 1. The van der Waals surface area contributed by atoms with Crippen molar-refractivity contribution in [1.29, 1.82) is 0 Å². The first kappa shape index (κ1) is 11.7. The van der Waals surface area contributed by atoms with Crippen molar-refractivity contribution in [2.24, 2.45) is 5.73 Å². The van der Waals surface area contributed by atoms with Gasteiger partial charge in [-0.1, -0.05) is 17.7 Å². The van der Waals surface area contributed by atoms with E-state index in [0.29, 0.717) is 24.8 Å². The third-order valence-electron chi connectivity index (χ3n) is 2.57. The first-order valence-electron chi connectivity index (χ1n) is 5.52. The van der Waals surface area contributed by atoms with Gasteiger partial charge in [0.1, 0.15) is 11.9 Å². The smallest absolute Gasteiger partial charge is 0.145 e. The highest BCUT2D eigenvalue weighted by Crippen LogP contribution is 2.27. The third kappa shape index (κ3) is 2.88. The van der Waals surface area contributed by atoms with Crippen molar-refractivity contribution < 1.29 is 9.47 Å². The van der Waals surface area contributed by atoms with E-state index >= 15 is 0 Å². The minimum atomic E-state index is 0.160. The van der Waals surface area contributed by atoms with Gasteiger partial charge in [0.05, 0.1) is 18.2 Å². The molecular weight excluding hydrogens is 226 g/mol. The lowest BCUT2D eigenvalue weighted by Crippen LogP contribution is -2.38. The van der Waals surface area contributed by atoms with Crippen molar-refractivity contribution in [2.45, 2.75) is 18.9 Å². The molecule has 2 N–H and O–H groups in total. The lowest BCUT2D eigenvalue weighted by molar-refractivity contribution is -0.0796. The molecule has 1 aliphatic heterocycles. The Balaban J connectivity index is 1.97. The largest absolute Gasteiger partial charge is 0.484 e. The van der Waals surface area contributed by atoms with Crippen molar-refractivity contribution in [3.63, 3.8) is 0 Å². The summed E-state index contributed by atoms with van der Waals surface area (Å²) in [6.07, 6.45) is 2.10. The molecule has 0 aliphatic carbocycles. The van der Waals surface area contributed by atoms with Crippen LogP contribution in [0.15, 0.2) is 18.2 Å². The second kappa shape index (κ2) is 5.53. The molecule has 0 bridgehead atoms. The average molecular weight is 242 g/mol. The topological polar surface area (TPSA) is 44.5 Å². The van der Waals surface area contributed by atoms with E-state index in [0.717, 1.165) is 18.6 Å².